The number of thiazole rings is 1. The van der Waals surface area contributed by atoms with Crippen LogP contribution in [-0.4, -0.2) is 10.1 Å². The molecule has 0 fully saturated rings. The van der Waals surface area contributed by atoms with E-state index in [2.05, 4.69) is 11.1 Å². The summed E-state index contributed by atoms with van der Waals surface area (Å²) in [6, 6.07) is 5.49. The highest BCUT2D eigenvalue weighted by molar-refractivity contribution is 7.73. The van der Waals surface area contributed by atoms with Gasteiger partial charge in [0.2, 0.25) is 0 Å². The maximum Gasteiger partial charge on any atom is 0.159 e. The van der Waals surface area contributed by atoms with Crippen LogP contribution in [0, 0.1) is 15.3 Å². The third-order valence-corrected chi connectivity index (χ3v) is 3.09. The van der Waals surface area contributed by atoms with Crippen molar-refractivity contribution in [3.63, 3.8) is 0 Å². The average molecular weight is 222 g/mol. The zero-order valence-corrected chi connectivity index (χ0v) is 8.71. The molecule has 5 heteroatoms. The number of aromatic nitrogens is 1. The van der Waals surface area contributed by atoms with Gasteiger partial charge in [-0.3, -0.25) is 0 Å². The van der Waals surface area contributed by atoms with Crippen molar-refractivity contribution in [2.75, 3.05) is 0 Å². The van der Waals surface area contributed by atoms with Crippen molar-refractivity contribution in [1.82, 2.24) is 4.98 Å². The molecule has 0 saturated heterocycles. The molecule has 14 heavy (non-hydrogen) atoms. The predicted octanol–water partition coefficient (Wildman–Crippen LogP) is 2.32. The van der Waals surface area contributed by atoms with Gasteiger partial charge < -0.3 is 10.1 Å². The van der Waals surface area contributed by atoms with Gasteiger partial charge >= 0.3 is 0 Å². The number of nitrogens with zero attached hydrogens (tertiary/aromatic N) is 1. The molecule has 0 spiro atoms. The zero-order chi connectivity index (χ0) is 10.1. The second kappa shape index (κ2) is 3.50. The quantitative estimate of drug-likeness (QED) is 0.728. The molecule has 1 aromatic heterocycles. The van der Waals surface area contributed by atoms with Crippen molar-refractivity contribution in [2.24, 2.45) is 0 Å². The van der Waals surface area contributed by atoms with Crippen LogP contribution in [0.1, 0.15) is 11.1 Å². The normalized spacial score (nSPS) is 10.3. The van der Waals surface area contributed by atoms with E-state index in [1.165, 1.54) is 11.3 Å². The molecular weight excluding hydrogens is 216 g/mol. The summed E-state index contributed by atoms with van der Waals surface area (Å²) >= 11 is 6.41. The minimum Gasteiger partial charge on any atom is -0.392 e. The Balaban J connectivity index is 2.87. The van der Waals surface area contributed by atoms with Crippen LogP contribution in [0.2, 0.25) is 0 Å². The molecule has 2 rings (SSSR count). The molecule has 1 aromatic carbocycles. The van der Waals surface area contributed by atoms with E-state index in [4.69, 9.17) is 22.6 Å². The highest BCUT2D eigenvalue weighted by Gasteiger charge is 2.05. The predicted molar refractivity (Wildman–Crippen MR) is 57.6 cm³/mol. The van der Waals surface area contributed by atoms with E-state index in [0.717, 1.165) is 10.2 Å². The highest BCUT2D eigenvalue weighted by atomic mass is 32.1. The van der Waals surface area contributed by atoms with Gasteiger partial charge in [0.25, 0.3) is 0 Å². The number of benzene rings is 1. The first-order chi connectivity index (χ1) is 6.74. The Morgan fingerprint density at radius 3 is 3.00 bits per heavy atom. The summed E-state index contributed by atoms with van der Waals surface area (Å²) in [6.45, 7) is -0.0893. The molecule has 2 N–H and O–H groups in total. The topological polar surface area (TPSA) is 59.8 Å². The van der Waals surface area contributed by atoms with Crippen molar-refractivity contribution in [1.29, 1.82) is 5.26 Å². The number of nitrogens with one attached hydrogen (secondary N) is 1. The number of H-pyrrole nitrogens is 1. The monoisotopic (exact) mass is 222 g/mol. The third kappa shape index (κ3) is 1.44. The lowest BCUT2D eigenvalue weighted by atomic mass is 10.1. The first-order valence-electron chi connectivity index (χ1n) is 3.91. The van der Waals surface area contributed by atoms with Crippen LogP contribution in [0.15, 0.2) is 12.1 Å². The molecule has 0 bridgehead atoms. The summed E-state index contributed by atoms with van der Waals surface area (Å²) in [5, 5.41) is 17.9. The van der Waals surface area contributed by atoms with Gasteiger partial charge in [-0.1, -0.05) is 0 Å². The molecule has 0 amide bonds. The van der Waals surface area contributed by atoms with Crippen LogP contribution in [0.5, 0.6) is 0 Å². The molecule has 0 aliphatic heterocycles. The summed E-state index contributed by atoms with van der Waals surface area (Å²) in [7, 11) is 0. The Labute approximate surface area is 89.2 Å². The average Bonchev–Trinajstić information content (AvgIpc) is 2.56. The lowest BCUT2D eigenvalue weighted by molar-refractivity contribution is 0.283. The molecule has 0 radical (unpaired) electrons. The van der Waals surface area contributed by atoms with E-state index >= 15 is 0 Å². The number of hydrogen-bond donors (Lipinski definition) is 2. The van der Waals surface area contributed by atoms with Crippen molar-refractivity contribution in [3.05, 3.63) is 27.2 Å². The number of aliphatic hydroxyl groups excluding tert-OH is 1. The van der Waals surface area contributed by atoms with Gasteiger partial charge in [0.05, 0.1) is 28.5 Å². The summed E-state index contributed by atoms with van der Waals surface area (Å²) in [6.07, 6.45) is 0. The van der Waals surface area contributed by atoms with Gasteiger partial charge in [-0.25, -0.2) is 0 Å². The molecule has 0 aliphatic rings. The molecule has 0 atom stereocenters. The minimum absolute atomic E-state index is 0.0893. The number of nitriles is 1. The fourth-order valence-corrected chi connectivity index (χ4v) is 2.51. The lowest BCUT2D eigenvalue weighted by Crippen LogP contribution is -1.87. The Kier molecular flexibility index (Phi) is 2.33. The van der Waals surface area contributed by atoms with Gasteiger partial charge in [-0.05, 0) is 24.4 Å². The zero-order valence-electron chi connectivity index (χ0n) is 7.07. The lowest BCUT2D eigenvalue weighted by Gasteiger charge is -1.98. The summed E-state index contributed by atoms with van der Waals surface area (Å²) < 4.78 is 1.57. The van der Waals surface area contributed by atoms with E-state index in [-0.39, 0.29) is 6.61 Å². The van der Waals surface area contributed by atoms with E-state index in [9.17, 15) is 0 Å². The first kappa shape index (κ1) is 9.34. The van der Waals surface area contributed by atoms with Gasteiger partial charge in [0.1, 0.15) is 0 Å². The molecular formula is C9H6N2OS2. The van der Waals surface area contributed by atoms with Gasteiger partial charge in [-0.15, -0.1) is 11.3 Å². The van der Waals surface area contributed by atoms with Crippen molar-refractivity contribution >= 4 is 33.8 Å². The number of rotatable bonds is 1. The van der Waals surface area contributed by atoms with E-state index in [1.807, 2.05) is 0 Å². The summed E-state index contributed by atoms with van der Waals surface area (Å²) in [5.74, 6) is 0. The fraction of sp³-hybridized carbons (Fsp3) is 0.111. The van der Waals surface area contributed by atoms with Crippen molar-refractivity contribution in [2.45, 2.75) is 6.61 Å². The standard InChI is InChI=1S/C9H6N2OS2/c10-3-5-1-6(4-12)8-7(2-5)14-9(13)11-8/h1-2,12H,4H2,(H,11,13). The van der Waals surface area contributed by atoms with Gasteiger partial charge in [0, 0.05) is 5.56 Å². The van der Waals surface area contributed by atoms with Crippen LogP contribution in [0.4, 0.5) is 0 Å². The second-order valence-corrected chi connectivity index (χ2v) is 4.51. The van der Waals surface area contributed by atoms with Crippen molar-refractivity contribution < 1.29 is 5.11 Å². The van der Waals surface area contributed by atoms with E-state index < -0.39 is 0 Å². The summed E-state index contributed by atoms with van der Waals surface area (Å²) in [4.78, 5) is 2.99. The Hall–Kier alpha value is -1.22. The maximum atomic E-state index is 9.11. The van der Waals surface area contributed by atoms with Crippen LogP contribution >= 0.6 is 23.6 Å². The van der Waals surface area contributed by atoms with Crippen LogP contribution < -0.4 is 0 Å². The molecule has 70 valence electrons. The maximum absolute atomic E-state index is 9.11. The molecule has 0 aliphatic carbocycles. The van der Waals surface area contributed by atoms with Crippen LogP contribution in [0.3, 0.4) is 0 Å². The largest absolute Gasteiger partial charge is 0.392 e. The number of fused-ring (bicyclic) bond motifs is 1. The fourth-order valence-electron chi connectivity index (χ4n) is 1.31. The molecule has 3 nitrogen and oxygen atoms in total. The molecule has 0 unspecified atom stereocenters. The minimum atomic E-state index is -0.0893. The van der Waals surface area contributed by atoms with Gasteiger partial charge in [0.15, 0.2) is 3.95 Å². The van der Waals surface area contributed by atoms with Crippen molar-refractivity contribution in [3.8, 4) is 6.07 Å². The molecule has 2 aromatic rings. The Morgan fingerprint density at radius 2 is 2.36 bits per heavy atom. The molecule has 0 saturated carbocycles. The number of aromatic amines is 1. The molecule has 1 heterocycles. The van der Waals surface area contributed by atoms with E-state index in [0.29, 0.717) is 15.1 Å². The van der Waals surface area contributed by atoms with Crippen LogP contribution in [-0.2, 0) is 6.61 Å². The first-order valence-corrected chi connectivity index (χ1v) is 5.14. The van der Waals surface area contributed by atoms with E-state index in [1.54, 1.807) is 12.1 Å². The Bertz CT molecular complexity index is 576. The Morgan fingerprint density at radius 1 is 1.57 bits per heavy atom. The highest BCUT2D eigenvalue weighted by Crippen LogP contribution is 2.24. The number of hydrogen-bond acceptors (Lipinski definition) is 4. The van der Waals surface area contributed by atoms with Crippen LogP contribution in [0.25, 0.3) is 10.2 Å². The van der Waals surface area contributed by atoms with Gasteiger partial charge in [-0.2, -0.15) is 5.26 Å². The SMILES string of the molecule is N#Cc1cc(CO)c2[nH]c(=S)sc2c1. The smallest absolute Gasteiger partial charge is 0.159 e. The summed E-state index contributed by atoms with van der Waals surface area (Å²) in [5.41, 5.74) is 2.10. The third-order valence-electron chi connectivity index (χ3n) is 1.91. The number of aliphatic hydroxyl groups is 1. The second-order valence-electron chi connectivity index (χ2n) is 2.79.